The van der Waals surface area contributed by atoms with Crippen molar-refractivity contribution >= 4 is 16.0 Å². The number of alkyl halides is 3. The Labute approximate surface area is 130 Å². The number of rotatable bonds is 4. The van der Waals surface area contributed by atoms with Crippen LogP contribution in [0.4, 0.5) is 13.2 Å². The van der Waals surface area contributed by atoms with Crippen LogP contribution in [0.5, 0.6) is 0 Å². The summed E-state index contributed by atoms with van der Waals surface area (Å²) in [6.45, 7) is 0. The second-order valence-corrected chi connectivity index (χ2v) is 6.96. The SMILES string of the molecule is COC(=O)c1ccc(S(=O)(=O)NC2CC(N)C2)cc1C(F)(F)F. The largest absolute Gasteiger partial charge is 0.465 e. The Hall–Kier alpha value is -1.65. The van der Waals surface area contributed by atoms with Crippen LogP contribution >= 0.6 is 0 Å². The first-order chi connectivity index (χ1) is 10.5. The van der Waals surface area contributed by atoms with E-state index in [9.17, 15) is 26.4 Å². The van der Waals surface area contributed by atoms with Gasteiger partial charge in [-0.05, 0) is 31.0 Å². The van der Waals surface area contributed by atoms with Gasteiger partial charge in [-0.2, -0.15) is 13.2 Å². The van der Waals surface area contributed by atoms with E-state index < -0.39 is 44.2 Å². The fourth-order valence-corrected chi connectivity index (χ4v) is 3.55. The average molecular weight is 352 g/mol. The Balaban J connectivity index is 2.38. The van der Waals surface area contributed by atoms with Gasteiger partial charge in [-0.1, -0.05) is 0 Å². The lowest BCUT2D eigenvalue weighted by Gasteiger charge is -2.32. The van der Waals surface area contributed by atoms with Crippen molar-refractivity contribution in [3.63, 3.8) is 0 Å². The first kappa shape index (κ1) is 17.7. The molecule has 6 nitrogen and oxygen atoms in total. The smallest absolute Gasteiger partial charge is 0.417 e. The van der Waals surface area contributed by atoms with E-state index in [0.29, 0.717) is 18.9 Å². The highest BCUT2D eigenvalue weighted by Crippen LogP contribution is 2.34. The van der Waals surface area contributed by atoms with Crippen molar-refractivity contribution in [2.45, 2.75) is 36.0 Å². The molecule has 10 heteroatoms. The fraction of sp³-hybridized carbons (Fsp3) is 0.462. The molecule has 1 aromatic carbocycles. The number of hydrogen-bond acceptors (Lipinski definition) is 5. The van der Waals surface area contributed by atoms with Gasteiger partial charge in [0.15, 0.2) is 0 Å². The monoisotopic (exact) mass is 352 g/mol. The predicted molar refractivity (Wildman–Crippen MR) is 74.1 cm³/mol. The summed E-state index contributed by atoms with van der Waals surface area (Å²) in [6.07, 6.45) is -4.05. The first-order valence-corrected chi connectivity index (χ1v) is 8.10. The molecule has 1 saturated carbocycles. The van der Waals surface area contributed by atoms with Crippen LogP contribution in [0.25, 0.3) is 0 Å². The Kier molecular flexibility index (Phi) is 4.69. The van der Waals surface area contributed by atoms with Crippen molar-refractivity contribution in [2.75, 3.05) is 7.11 Å². The quantitative estimate of drug-likeness (QED) is 0.795. The summed E-state index contributed by atoms with van der Waals surface area (Å²) in [5.41, 5.74) is 3.43. The van der Waals surface area contributed by atoms with Crippen LogP contribution in [-0.2, 0) is 20.9 Å². The molecule has 128 valence electrons. The molecule has 0 amide bonds. The number of carbonyl (C=O) groups excluding carboxylic acids is 1. The van der Waals surface area contributed by atoms with Crippen LogP contribution in [0, 0.1) is 0 Å². The van der Waals surface area contributed by atoms with Crippen molar-refractivity contribution in [1.82, 2.24) is 4.72 Å². The molecule has 3 N–H and O–H groups in total. The molecular formula is C13H15F3N2O4S. The first-order valence-electron chi connectivity index (χ1n) is 6.62. The van der Waals surface area contributed by atoms with Gasteiger partial charge in [0.2, 0.25) is 10.0 Å². The van der Waals surface area contributed by atoms with E-state index >= 15 is 0 Å². The minimum atomic E-state index is -4.89. The molecular weight excluding hydrogens is 337 g/mol. The molecule has 0 aliphatic heterocycles. The normalized spacial score (nSPS) is 21.6. The summed E-state index contributed by atoms with van der Waals surface area (Å²) in [5, 5.41) is 0. The summed E-state index contributed by atoms with van der Waals surface area (Å²) >= 11 is 0. The lowest BCUT2D eigenvalue weighted by molar-refractivity contribution is -0.138. The van der Waals surface area contributed by atoms with Crippen LogP contribution in [0.2, 0.25) is 0 Å². The summed E-state index contributed by atoms with van der Waals surface area (Å²) < 4.78 is 70.0. The molecule has 2 rings (SSSR count). The van der Waals surface area contributed by atoms with E-state index in [1.165, 1.54) is 0 Å². The van der Waals surface area contributed by atoms with Crippen molar-refractivity contribution in [2.24, 2.45) is 5.73 Å². The van der Waals surface area contributed by atoms with E-state index in [2.05, 4.69) is 9.46 Å². The Morgan fingerprint density at radius 3 is 2.43 bits per heavy atom. The molecule has 0 unspecified atom stereocenters. The van der Waals surface area contributed by atoms with Crippen molar-refractivity contribution in [3.8, 4) is 0 Å². The van der Waals surface area contributed by atoms with Gasteiger partial charge in [0.25, 0.3) is 0 Å². The number of halogens is 3. The minimum absolute atomic E-state index is 0.116. The summed E-state index contributed by atoms with van der Waals surface area (Å²) in [7, 11) is -3.19. The van der Waals surface area contributed by atoms with E-state index in [0.717, 1.165) is 19.2 Å². The number of hydrogen-bond donors (Lipinski definition) is 2. The van der Waals surface area contributed by atoms with Gasteiger partial charge in [0.1, 0.15) is 0 Å². The minimum Gasteiger partial charge on any atom is -0.465 e. The summed E-state index contributed by atoms with van der Waals surface area (Å²) in [4.78, 5) is 10.8. The van der Waals surface area contributed by atoms with Gasteiger partial charge in [-0.15, -0.1) is 0 Å². The molecule has 0 bridgehead atoms. The number of methoxy groups -OCH3 is 1. The topological polar surface area (TPSA) is 98.5 Å². The maximum absolute atomic E-state index is 13.1. The number of carbonyl (C=O) groups is 1. The lowest BCUT2D eigenvalue weighted by atomic mass is 9.89. The number of nitrogens with one attached hydrogen (secondary N) is 1. The lowest BCUT2D eigenvalue weighted by Crippen LogP contribution is -2.50. The van der Waals surface area contributed by atoms with Gasteiger partial charge in [0, 0.05) is 12.1 Å². The van der Waals surface area contributed by atoms with Crippen LogP contribution in [-0.4, -0.2) is 33.6 Å². The predicted octanol–water partition coefficient (Wildman–Crippen LogP) is 1.26. The van der Waals surface area contributed by atoms with Crippen LogP contribution in [0.3, 0.4) is 0 Å². The third kappa shape index (κ3) is 3.82. The standard InChI is InChI=1S/C13H15F3N2O4S/c1-22-12(19)10-3-2-9(6-11(10)13(14,15)16)23(20,21)18-8-4-7(17)5-8/h2-3,6-8,18H,4-5,17H2,1H3. The molecule has 1 fully saturated rings. The maximum Gasteiger partial charge on any atom is 0.417 e. The summed E-state index contributed by atoms with van der Waals surface area (Å²) in [5.74, 6) is -1.20. The van der Waals surface area contributed by atoms with Gasteiger partial charge in [-0.25, -0.2) is 17.9 Å². The third-order valence-electron chi connectivity index (χ3n) is 3.51. The van der Waals surface area contributed by atoms with Gasteiger partial charge in [-0.3, -0.25) is 0 Å². The molecule has 0 heterocycles. The second kappa shape index (κ2) is 6.10. The fourth-order valence-electron chi connectivity index (χ4n) is 2.26. The number of nitrogens with two attached hydrogens (primary N) is 1. The highest BCUT2D eigenvalue weighted by molar-refractivity contribution is 7.89. The molecule has 0 aromatic heterocycles. The molecule has 0 saturated heterocycles. The molecule has 0 radical (unpaired) electrons. The molecule has 1 aliphatic carbocycles. The van der Waals surface area contributed by atoms with Gasteiger partial charge in [0.05, 0.1) is 23.1 Å². The van der Waals surface area contributed by atoms with E-state index in [1.807, 2.05) is 0 Å². The van der Waals surface area contributed by atoms with Crippen molar-refractivity contribution in [3.05, 3.63) is 29.3 Å². The zero-order valence-corrected chi connectivity index (χ0v) is 12.9. The Morgan fingerprint density at radius 2 is 1.96 bits per heavy atom. The number of benzene rings is 1. The maximum atomic E-state index is 13.1. The number of ether oxygens (including phenoxy) is 1. The molecule has 1 aromatic rings. The second-order valence-electron chi connectivity index (χ2n) is 5.25. The van der Waals surface area contributed by atoms with Gasteiger partial charge < -0.3 is 10.5 Å². The van der Waals surface area contributed by atoms with Crippen LogP contribution < -0.4 is 10.5 Å². The van der Waals surface area contributed by atoms with E-state index in [-0.39, 0.29) is 6.04 Å². The number of sulfonamides is 1. The van der Waals surface area contributed by atoms with Gasteiger partial charge >= 0.3 is 12.1 Å². The van der Waals surface area contributed by atoms with E-state index in [1.54, 1.807) is 0 Å². The van der Waals surface area contributed by atoms with Crippen LogP contribution in [0.1, 0.15) is 28.8 Å². The highest BCUT2D eigenvalue weighted by Gasteiger charge is 2.37. The zero-order chi connectivity index (χ0) is 17.4. The average Bonchev–Trinajstić information content (AvgIpc) is 2.43. The van der Waals surface area contributed by atoms with Crippen LogP contribution in [0.15, 0.2) is 23.1 Å². The molecule has 0 spiro atoms. The third-order valence-corrected chi connectivity index (χ3v) is 5.03. The molecule has 0 atom stereocenters. The summed E-state index contributed by atoms with van der Waals surface area (Å²) in [6, 6.07) is 1.63. The molecule has 23 heavy (non-hydrogen) atoms. The Morgan fingerprint density at radius 1 is 1.35 bits per heavy atom. The van der Waals surface area contributed by atoms with Crippen molar-refractivity contribution < 1.29 is 31.1 Å². The van der Waals surface area contributed by atoms with E-state index in [4.69, 9.17) is 5.73 Å². The Bertz CT molecular complexity index is 712. The number of esters is 1. The molecule has 1 aliphatic rings. The highest BCUT2D eigenvalue weighted by atomic mass is 32.2. The van der Waals surface area contributed by atoms with Crippen molar-refractivity contribution in [1.29, 1.82) is 0 Å². The zero-order valence-electron chi connectivity index (χ0n) is 12.1.